The van der Waals surface area contributed by atoms with Crippen LogP contribution in [-0.4, -0.2) is 23.9 Å². The van der Waals surface area contributed by atoms with Gasteiger partial charge in [-0.25, -0.2) is 0 Å². The normalized spacial score (nSPS) is 11.4. The van der Waals surface area contributed by atoms with Gasteiger partial charge in [0.05, 0.1) is 7.11 Å². The molecule has 82 valence electrons. The molecule has 0 amide bonds. The third-order valence-electron chi connectivity index (χ3n) is 1.81. The number of hydrogen-bond acceptors (Lipinski definition) is 4. The molecule has 0 aromatic heterocycles. The first-order valence-electron chi connectivity index (χ1n) is 4.50. The maximum atomic E-state index is 8.36. The highest BCUT2D eigenvalue weighted by Crippen LogP contribution is 2.28. The van der Waals surface area contributed by atoms with E-state index in [0.717, 1.165) is 16.4 Å². The number of rotatable bonds is 5. The van der Waals surface area contributed by atoms with E-state index in [0.29, 0.717) is 6.42 Å². The van der Waals surface area contributed by atoms with E-state index in [-0.39, 0.29) is 5.84 Å². The molecule has 0 aliphatic carbocycles. The minimum Gasteiger partial charge on any atom is -0.496 e. The molecule has 4 nitrogen and oxygen atoms in total. The molecule has 0 atom stereocenters. The summed E-state index contributed by atoms with van der Waals surface area (Å²) < 4.78 is 5.20. The molecular formula is C10H14N2O2S. The van der Waals surface area contributed by atoms with Crippen molar-refractivity contribution < 1.29 is 9.94 Å². The molecule has 0 unspecified atom stereocenters. The lowest BCUT2D eigenvalue weighted by Crippen LogP contribution is -2.11. The topological polar surface area (TPSA) is 67.8 Å². The Kier molecular flexibility index (Phi) is 4.83. The van der Waals surface area contributed by atoms with Crippen LogP contribution >= 0.6 is 11.8 Å². The van der Waals surface area contributed by atoms with E-state index in [2.05, 4.69) is 5.16 Å². The zero-order chi connectivity index (χ0) is 11.1. The summed E-state index contributed by atoms with van der Waals surface area (Å²) in [6.45, 7) is 0. The van der Waals surface area contributed by atoms with Crippen LogP contribution in [0.1, 0.15) is 6.42 Å². The second-order valence-corrected chi connectivity index (χ2v) is 3.98. The number of benzene rings is 1. The van der Waals surface area contributed by atoms with Crippen molar-refractivity contribution in [3.05, 3.63) is 24.3 Å². The van der Waals surface area contributed by atoms with Gasteiger partial charge in [0, 0.05) is 17.1 Å². The Balaban J connectivity index is 2.50. The van der Waals surface area contributed by atoms with Crippen molar-refractivity contribution in [2.45, 2.75) is 11.3 Å². The van der Waals surface area contributed by atoms with E-state index in [1.54, 1.807) is 18.9 Å². The predicted octanol–water partition coefficient (Wildman–Crippen LogP) is 1.92. The summed E-state index contributed by atoms with van der Waals surface area (Å²) in [6.07, 6.45) is 0.555. The standard InChI is InChI=1S/C10H14N2O2S/c1-14-8-4-2-3-5-9(8)15-7-6-10(11)12-13/h2-5,13H,6-7H2,1H3,(H2,11,12). The van der Waals surface area contributed by atoms with Gasteiger partial charge in [-0.2, -0.15) is 0 Å². The number of hydrogen-bond donors (Lipinski definition) is 2. The highest BCUT2D eigenvalue weighted by atomic mass is 32.2. The van der Waals surface area contributed by atoms with Crippen molar-refractivity contribution in [1.29, 1.82) is 0 Å². The predicted molar refractivity (Wildman–Crippen MR) is 61.7 cm³/mol. The van der Waals surface area contributed by atoms with E-state index in [1.165, 1.54) is 0 Å². The van der Waals surface area contributed by atoms with Gasteiger partial charge < -0.3 is 15.7 Å². The SMILES string of the molecule is COc1ccccc1SCC/C(N)=N/O. The third-order valence-corrected chi connectivity index (χ3v) is 2.87. The van der Waals surface area contributed by atoms with Crippen molar-refractivity contribution >= 4 is 17.6 Å². The molecule has 1 aromatic rings. The maximum absolute atomic E-state index is 8.36. The molecule has 0 saturated carbocycles. The van der Waals surface area contributed by atoms with E-state index in [4.69, 9.17) is 15.7 Å². The third kappa shape index (κ3) is 3.71. The minimum atomic E-state index is 0.248. The molecule has 0 bridgehead atoms. The van der Waals surface area contributed by atoms with E-state index < -0.39 is 0 Å². The number of oxime groups is 1. The van der Waals surface area contributed by atoms with Gasteiger partial charge in [-0.1, -0.05) is 17.3 Å². The van der Waals surface area contributed by atoms with Crippen molar-refractivity contribution in [1.82, 2.24) is 0 Å². The summed E-state index contributed by atoms with van der Waals surface area (Å²) in [6, 6.07) is 7.77. The fourth-order valence-corrected chi connectivity index (χ4v) is 2.05. The smallest absolute Gasteiger partial charge is 0.139 e. The molecule has 1 aromatic carbocycles. The molecular weight excluding hydrogens is 212 g/mol. The molecule has 0 spiro atoms. The van der Waals surface area contributed by atoms with E-state index in [9.17, 15) is 0 Å². The largest absolute Gasteiger partial charge is 0.496 e. The summed E-state index contributed by atoms with van der Waals surface area (Å²) in [7, 11) is 1.64. The fraction of sp³-hybridized carbons (Fsp3) is 0.300. The van der Waals surface area contributed by atoms with Crippen LogP contribution in [0.25, 0.3) is 0 Å². The van der Waals surface area contributed by atoms with Gasteiger partial charge in [-0.15, -0.1) is 11.8 Å². The quantitative estimate of drug-likeness (QED) is 0.265. The van der Waals surface area contributed by atoms with Crippen molar-refractivity contribution in [2.75, 3.05) is 12.9 Å². The molecule has 0 aliphatic heterocycles. The molecule has 1 rings (SSSR count). The Morgan fingerprint density at radius 1 is 1.53 bits per heavy atom. The van der Waals surface area contributed by atoms with Gasteiger partial charge in [0.2, 0.25) is 0 Å². The van der Waals surface area contributed by atoms with Gasteiger partial charge in [0.25, 0.3) is 0 Å². The van der Waals surface area contributed by atoms with Gasteiger partial charge in [-0.05, 0) is 12.1 Å². The highest BCUT2D eigenvalue weighted by Gasteiger charge is 2.02. The van der Waals surface area contributed by atoms with Crippen molar-refractivity contribution in [3.63, 3.8) is 0 Å². The number of para-hydroxylation sites is 1. The summed E-state index contributed by atoms with van der Waals surface area (Å²) >= 11 is 1.62. The zero-order valence-electron chi connectivity index (χ0n) is 8.51. The molecule has 0 radical (unpaired) electrons. The summed E-state index contributed by atoms with van der Waals surface area (Å²) in [5.41, 5.74) is 5.36. The number of nitrogens with zero attached hydrogens (tertiary/aromatic N) is 1. The number of methoxy groups -OCH3 is 1. The summed E-state index contributed by atoms with van der Waals surface area (Å²) in [5, 5.41) is 11.3. The lowest BCUT2D eigenvalue weighted by Gasteiger charge is -2.06. The Morgan fingerprint density at radius 3 is 2.93 bits per heavy atom. The molecule has 0 saturated heterocycles. The lowest BCUT2D eigenvalue weighted by atomic mass is 10.3. The molecule has 5 heteroatoms. The first-order chi connectivity index (χ1) is 7.27. The second kappa shape index (κ2) is 6.19. The zero-order valence-corrected chi connectivity index (χ0v) is 9.33. The van der Waals surface area contributed by atoms with E-state index in [1.807, 2.05) is 24.3 Å². The minimum absolute atomic E-state index is 0.248. The maximum Gasteiger partial charge on any atom is 0.139 e. The Labute approximate surface area is 93.1 Å². The molecule has 3 N–H and O–H groups in total. The number of ether oxygens (including phenoxy) is 1. The van der Waals surface area contributed by atoms with Crippen LogP contribution < -0.4 is 10.5 Å². The second-order valence-electron chi connectivity index (χ2n) is 2.84. The van der Waals surface area contributed by atoms with E-state index >= 15 is 0 Å². The monoisotopic (exact) mass is 226 g/mol. The fourth-order valence-electron chi connectivity index (χ4n) is 1.05. The van der Waals surface area contributed by atoms with Crippen LogP contribution in [0, 0.1) is 0 Å². The summed E-state index contributed by atoms with van der Waals surface area (Å²) in [4.78, 5) is 1.06. The number of thioether (sulfide) groups is 1. The Hall–Kier alpha value is -1.36. The lowest BCUT2D eigenvalue weighted by molar-refractivity contribution is 0.317. The van der Waals surface area contributed by atoms with Gasteiger partial charge in [0.1, 0.15) is 11.6 Å². The Bertz CT molecular complexity index is 342. The summed E-state index contributed by atoms with van der Waals surface area (Å²) in [5.74, 6) is 1.86. The van der Waals surface area contributed by atoms with Crippen molar-refractivity contribution in [3.8, 4) is 5.75 Å². The van der Waals surface area contributed by atoms with Crippen LogP contribution in [0.15, 0.2) is 34.3 Å². The van der Waals surface area contributed by atoms with Crippen LogP contribution in [-0.2, 0) is 0 Å². The molecule has 15 heavy (non-hydrogen) atoms. The van der Waals surface area contributed by atoms with Crippen molar-refractivity contribution in [2.24, 2.45) is 10.9 Å². The number of amidine groups is 1. The average Bonchev–Trinajstić information content (AvgIpc) is 2.29. The van der Waals surface area contributed by atoms with Crippen LogP contribution in [0.3, 0.4) is 0 Å². The number of nitrogens with two attached hydrogens (primary N) is 1. The molecule has 0 aliphatic rings. The van der Waals surface area contributed by atoms with Gasteiger partial charge >= 0.3 is 0 Å². The Morgan fingerprint density at radius 2 is 2.27 bits per heavy atom. The van der Waals surface area contributed by atoms with Crippen LogP contribution in [0.5, 0.6) is 5.75 Å². The molecule has 0 fully saturated rings. The van der Waals surface area contributed by atoms with Crippen LogP contribution in [0.2, 0.25) is 0 Å². The first kappa shape index (κ1) is 11.7. The van der Waals surface area contributed by atoms with Gasteiger partial charge in [0.15, 0.2) is 0 Å². The highest BCUT2D eigenvalue weighted by molar-refractivity contribution is 7.99. The molecule has 0 heterocycles. The first-order valence-corrected chi connectivity index (χ1v) is 5.48. The van der Waals surface area contributed by atoms with Crippen LogP contribution in [0.4, 0.5) is 0 Å². The average molecular weight is 226 g/mol. The van der Waals surface area contributed by atoms with Gasteiger partial charge in [-0.3, -0.25) is 0 Å².